The molecule has 20 heavy (non-hydrogen) atoms. The van der Waals surface area contributed by atoms with Crippen LogP contribution in [0.3, 0.4) is 0 Å². The fourth-order valence-corrected chi connectivity index (χ4v) is 2.59. The van der Waals surface area contributed by atoms with Crippen LogP contribution in [0.1, 0.15) is 17.0 Å². The Balaban J connectivity index is 2.29. The molecule has 0 aliphatic carbocycles. The van der Waals surface area contributed by atoms with Crippen LogP contribution in [0.15, 0.2) is 46.9 Å². The zero-order chi connectivity index (χ0) is 14.5. The molecule has 0 aliphatic heterocycles. The van der Waals surface area contributed by atoms with E-state index in [0.29, 0.717) is 12.0 Å². The summed E-state index contributed by atoms with van der Waals surface area (Å²) in [4.78, 5) is 0. The topological polar surface area (TPSA) is 29.5 Å². The van der Waals surface area contributed by atoms with Crippen molar-refractivity contribution in [3.8, 4) is 5.75 Å². The zero-order valence-corrected chi connectivity index (χ0v) is 12.7. The van der Waals surface area contributed by atoms with Crippen LogP contribution in [0.4, 0.5) is 4.39 Å². The first kappa shape index (κ1) is 15.0. The summed E-state index contributed by atoms with van der Waals surface area (Å²) in [5.41, 5.74) is 1.51. The first-order valence-electron chi connectivity index (χ1n) is 6.33. The van der Waals surface area contributed by atoms with Gasteiger partial charge in [0.05, 0.1) is 13.7 Å². The molecule has 2 aromatic carbocycles. The van der Waals surface area contributed by atoms with Crippen LogP contribution in [-0.2, 0) is 6.42 Å². The van der Waals surface area contributed by atoms with Gasteiger partial charge in [-0.3, -0.25) is 0 Å². The summed E-state index contributed by atoms with van der Waals surface area (Å²) in [6.07, 6.45) is 0.537. The Morgan fingerprint density at radius 2 is 2.00 bits per heavy atom. The Morgan fingerprint density at radius 1 is 1.25 bits per heavy atom. The molecule has 1 unspecified atom stereocenters. The van der Waals surface area contributed by atoms with E-state index in [1.54, 1.807) is 25.3 Å². The maximum atomic E-state index is 13.8. The van der Waals surface area contributed by atoms with E-state index in [-0.39, 0.29) is 18.3 Å². The zero-order valence-electron chi connectivity index (χ0n) is 11.1. The highest BCUT2D eigenvalue weighted by Crippen LogP contribution is 2.29. The monoisotopic (exact) mass is 338 g/mol. The van der Waals surface area contributed by atoms with Crippen molar-refractivity contribution in [1.29, 1.82) is 0 Å². The highest BCUT2D eigenvalue weighted by molar-refractivity contribution is 9.10. The fraction of sp³-hybridized carbons (Fsp3) is 0.250. The summed E-state index contributed by atoms with van der Waals surface area (Å²) >= 11 is 3.48. The fourth-order valence-electron chi connectivity index (χ4n) is 2.18. The lowest BCUT2D eigenvalue weighted by atomic mass is 9.92. The normalized spacial score (nSPS) is 12.2. The largest absolute Gasteiger partial charge is 0.497 e. The van der Waals surface area contributed by atoms with Crippen molar-refractivity contribution in [2.75, 3.05) is 13.7 Å². The van der Waals surface area contributed by atoms with E-state index in [1.807, 2.05) is 18.2 Å². The highest BCUT2D eigenvalue weighted by Gasteiger charge is 2.17. The third-order valence-corrected chi connectivity index (χ3v) is 4.06. The average molecular weight is 339 g/mol. The number of benzene rings is 2. The first-order chi connectivity index (χ1) is 9.65. The molecule has 2 aromatic rings. The Hall–Kier alpha value is -1.39. The molecular weight excluding hydrogens is 323 g/mol. The molecular formula is C16H16BrFO2. The molecule has 0 aromatic heterocycles. The lowest BCUT2D eigenvalue weighted by Gasteiger charge is -2.17. The Kier molecular flexibility index (Phi) is 5.15. The molecule has 106 valence electrons. The molecule has 0 bridgehead atoms. The molecule has 1 atom stereocenters. The highest BCUT2D eigenvalue weighted by atomic mass is 79.9. The Bertz CT molecular complexity index is 586. The van der Waals surface area contributed by atoms with Gasteiger partial charge in [-0.05, 0) is 41.8 Å². The number of rotatable bonds is 5. The summed E-state index contributed by atoms with van der Waals surface area (Å²) < 4.78 is 19.9. The second-order valence-corrected chi connectivity index (χ2v) is 5.42. The predicted octanol–water partition coefficient (Wildman–Crippen LogP) is 3.92. The molecule has 1 N–H and O–H groups in total. The van der Waals surface area contributed by atoms with Gasteiger partial charge in [-0.15, -0.1) is 0 Å². The van der Waals surface area contributed by atoms with Crippen molar-refractivity contribution in [2.45, 2.75) is 12.3 Å². The molecule has 4 heteroatoms. The number of hydrogen-bond donors (Lipinski definition) is 1. The van der Waals surface area contributed by atoms with E-state index in [4.69, 9.17) is 4.74 Å². The van der Waals surface area contributed by atoms with Gasteiger partial charge < -0.3 is 9.84 Å². The molecule has 2 nitrogen and oxygen atoms in total. The summed E-state index contributed by atoms with van der Waals surface area (Å²) in [6, 6.07) is 12.2. The van der Waals surface area contributed by atoms with E-state index in [0.717, 1.165) is 15.8 Å². The molecule has 2 rings (SSSR count). The van der Waals surface area contributed by atoms with Crippen molar-refractivity contribution in [1.82, 2.24) is 0 Å². The average Bonchev–Trinajstić information content (AvgIpc) is 2.47. The van der Waals surface area contributed by atoms with Crippen molar-refractivity contribution >= 4 is 15.9 Å². The first-order valence-corrected chi connectivity index (χ1v) is 7.12. The lowest BCUT2D eigenvalue weighted by molar-refractivity contribution is 0.261. The number of ether oxygens (including phenoxy) is 1. The smallest absolute Gasteiger partial charge is 0.126 e. The van der Waals surface area contributed by atoms with Crippen molar-refractivity contribution < 1.29 is 14.2 Å². The minimum Gasteiger partial charge on any atom is -0.497 e. The second kappa shape index (κ2) is 6.86. The van der Waals surface area contributed by atoms with Crippen LogP contribution in [0.25, 0.3) is 0 Å². The number of hydrogen-bond acceptors (Lipinski definition) is 2. The summed E-state index contributed by atoms with van der Waals surface area (Å²) in [5.74, 6) is 0.179. The van der Waals surface area contributed by atoms with Gasteiger partial charge >= 0.3 is 0 Å². The molecule has 0 saturated heterocycles. The molecule has 0 fully saturated rings. The SMILES string of the molecule is COc1ccc(Br)c(CC(CO)c2ccccc2F)c1. The van der Waals surface area contributed by atoms with Crippen LogP contribution in [0.2, 0.25) is 0 Å². The van der Waals surface area contributed by atoms with Gasteiger partial charge in [-0.2, -0.15) is 0 Å². The maximum absolute atomic E-state index is 13.8. The number of halogens is 2. The Morgan fingerprint density at radius 3 is 2.65 bits per heavy atom. The van der Waals surface area contributed by atoms with Gasteiger partial charge in [0.15, 0.2) is 0 Å². The molecule has 0 heterocycles. The van der Waals surface area contributed by atoms with Crippen LogP contribution in [0, 0.1) is 5.82 Å². The lowest BCUT2D eigenvalue weighted by Crippen LogP contribution is -2.10. The van der Waals surface area contributed by atoms with Crippen LogP contribution in [-0.4, -0.2) is 18.8 Å². The minimum absolute atomic E-state index is 0.107. The van der Waals surface area contributed by atoms with Crippen LogP contribution >= 0.6 is 15.9 Å². The van der Waals surface area contributed by atoms with E-state index in [9.17, 15) is 9.50 Å². The molecule has 0 spiro atoms. The van der Waals surface area contributed by atoms with Gasteiger partial charge in [0, 0.05) is 10.4 Å². The third-order valence-electron chi connectivity index (χ3n) is 3.28. The van der Waals surface area contributed by atoms with Crippen LogP contribution in [0.5, 0.6) is 5.75 Å². The van der Waals surface area contributed by atoms with E-state index >= 15 is 0 Å². The number of aliphatic hydroxyl groups excluding tert-OH is 1. The van der Waals surface area contributed by atoms with Gasteiger partial charge in [-0.25, -0.2) is 4.39 Å². The Labute approximate surface area is 126 Å². The quantitative estimate of drug-likeness (QED) is 0.895. The molecule has 0 aliphatic rings. The van der Waals surface area contributed by atoms with Crippen molar-refractivity contribution in [2.24, 2.45) is 0 Å². The van der Waals surface area contributed by atoms with Gasteiger partial charge in [-0.1, -0.05) is 34.1 Å². The van der Waals surface area contributed by atoms with E-state index in [1.165, 1.54) is 6.07 Å². The van der Waals surface area contributed by atoms with Crippen molar-refractivity contribution in [3.63, 3.8) is 0 Å². The summed E-state index contributed by atoms with van der Waals surface area (Å²) in [5, 5.41) is 9.57. The molecule has 0 radical (unpaired) electrons. The maximum Gasteiger partial charge on any atom is 0.126 e. The number of methoxy groups -OCH3 is 1. The van der Waals surface area contributed by atoms with Crippen molar-refractivity contribution in [3.05, 3.63) is 63.9 Å². The van der Waals surface area contributed by atoms with E-state index < -0.39 is 0 Å². The summed E-state index contributed by atoms with van der Waals surface area (Å²) in [6.45, 7) is -0.107. The predicted molar refractivity (Wildman–Crippen MR) is 80.6 cm³/mol. The molecule has 0 saturated carbocycles. The van der Waals surface area contributed by atoms with Crippen LogP contribution < -0.4 is 4.74 Å². The van der Waals surface area contributed by atoms with Gasteiger partial charge in [0.1, 0.15) is 11.6 Å². The minimum atomic E-state index is -0.287. The number of aliphatic hydroxyl groups is 1. The third kappa shape index (κ3) is 3.38. The summed E-state index contributed by atoms with van der Waals surface area (Å²) in [7, 11) is 1.60. The van der Waals surface area contributed by atoms with Gasteiger partial charge in [0.2, 0.25) is 0 Å². The second-order valence-electron chi connectivity index (χ2n) is 4.56. The molecule has 0 amide bonds. The van der Waals surface area contributed by atoms with Gasteiger partial charge in [0.25, 0.3) is 0 Å². The van der Waals surface area contributed by atoms with E-state index in [2.05, 4.69) is 15.9 Å². The standard InChI is InChI=1S/C16H16BrFO2/c1-20-13-6-7-15(17)11(9-13)8-12(10-19)14-4-2-3-5-16(14)18/h2-7,9,12,19H,8,10H2,1H3.